The van der Waals surface area contributed by atoms with Crippen molar-refractivity contribution in [3.8, 4) is 0 Å². The van der Waals surface area contributed by atoms with Gasteiger partial charge in [0.2, 0.25) is 0 Å². The van der Waals surface area contributed by atoms with Gasteiger partial charge in [-0.2, -0.15) is 0 Å². The first-order valence-electron chi connectivity index (χ1n) is 10.3. The number of carbonyl (C=O) groups is 2. The lowest BCUT2D eigenvalue weighted by atomic mass is 9.99. The van der Waals surface area contributed by atoms with Crippen LogP contribution in [0.15, 0.2) is 66.7 Å². The van der Waals surface area contributed by atoms with Crippen LogP contribution in [0, 0.1) is 0 Å². The Morgan fingerprint density at radius 3 is 2.41 bits per heavy atom. The molecular weight excluding hydrogens is 428 g/mol. The van der Waals surface area contributed by atoms with E-state index in [0.717, 1.165) is 28.7 Å². The van der Waals surface area contributed by atoms with Crippen LogP contribution in [0.5, 0.6) is 0 Å². The molecule has 1 amide bonds. The van der Waals surface area contributed by atoms with Crippen molar-refractivity contribution in [2.24, 2.45) is 5.73 Å². The molecule has 4 rings (SSSR count). The van der Waals surface area contributed by atoms with Crippen molar-refractivity contribution < 1.29 is 19.4 Å². The van der Waals surface area contributed by atoms with Crippen LogP contribution in [0.3, 0.4) is 0 Å². The molecule has 3 aromatic carbocycles. The summed E-state index contributed by atoms with van der Waals surface area (Å²) >= 11 is 6.30. The molecule has 0 spiro atoms. The third-order valence-corrected chi connectivity index (χ3v) is 5.74. The third-order valence-electron chi connectivity index (χ3n) is 5.52. The SMILES string of the molecule is NCc1cc(C(=O)O)cc([C@@H]2C[C@H]2c2cc(Cl)cc(NC(=O)OCc3ccccc3)c2)c1. The molecule has 7 heteroatoms. The number of hydrogen-bond donors (Lipinski definition) is 3. The monoisotopic (exact) mass is 450 g/mol. The van der Waals surface area contributed by atoms with E-state index in [1.165, 1.54) is 0 Å². The van der Waals surface area contributed by atoms with E-state index < -0.39 is 12.1 Å². The summed E-state index contributed by atoms with van der Waals surface area (Å²) in [5.41, 5.74) is 10.2. The van der Waals surface area contributed by atoms with E-state index in [-0.39, 0.29) is 30.6 Å². The van der Waals surface area contributed by atoms with Gasteiger partial charge in [0.1, 0.15) is 6.61 Å². The van der Waals surface area contributed by atoms with E-state index in [4.69, 9.17) is 22.1 Å². The first kappa shape index (κ1) is 21.9. The minimum atomic E-state index is -0.970. The van der Waals surface area contributed by atoms with Crippen LogP contribution in [-0.4, -0.2) is 17.2 Å². The molecule has 3 aromatic rings. The molecule has 0 unspecified atom stereocenters. The average molecular weight is 451 g/mol. The Kier molecular flexibility index (Phi) is 6.44. The molecule has 164 valence electrons. The number of halogens is 1. The minimum Gasteiger partial charge on any atom is -0.478 e. The summed E-state index contributed by atoms with van der Waals surface area (Å²) in [6, 6.07) is 20.1. The van der Waals surface area contributed by atoms with Crippen LogP contribution in [0.1, 0.15) is 50.9 Å². The highest BCUT2D eigenvalue weighted by Gasteiger charge is 2.40. The smallest absolute Gasteiger partial charge is 0.411 e. The number of nitrogens with one attached hydrogen (secondary N) is 1. The van der Waals surface area contributed by atoms with E-state index in [1.54, 1.807) is 18.2 Å². The maximum Gasteiger partial charge on any atom is 0.411 e. The van der Waals surface area contributed by atoms with Gasteiger partial charge in [0.05, 0.1) is 5.56 Å². The van der Waals surface area contributed by atoms with Gasteiger partial charge in [0.25, 0.3) is 0 Å². The summed E-state index contributed by atoms with van der Waals surface area (Å²) in [5, 5.41) is 12.6. The van der Waals surface area contributed by atoms with E-state index in [0.29, 0.717) is 10.7 Å². The predicted molar refractivity (Wildman–Crippen MR) is 123 cm³/mol. The topological polar surface area (TPSA) is 102 Å². The number of rotatable bonds is 7. The molecular formula is C25H23ClN2O4. The Morgan fingerprint density at radius 2 is 1.72 bits per heavy atom. The van der Waals surface area contributed by atoms with Gasteiger partial charge in [0, 0.05) is 17.3 Å². The standard InChI is InChI=1S/C25H23ClN2O4/c26-20-9-18(10-21(11-20)28-25(31)32-14-15-4-2-1-3-5-15)23-12-22(23)17-6-16(13-27)7-19(8-17)24(29)30/h1-11,22-23H,12-14,27H2,(H,28,31)(H,29,30)/t22-,23-/m0/s1. The number of aromatic carboxylic acids is 1. The van der Waals surface area contributed by atoms with Gasteiger partial charge in [-0.05, 0) is 70.8 Å². The predicted octanol–water partition coefficient (Wildman–Crippen LogP) is 5.52. The summed E-state index contributed by atoms with van der Waals surface area (Å²) in [6.07, 6.45) is 0.307. The number of ether oxygens (including phenoxy) is 1. The number of carboxylic acid groups (broad SMARTS) is 1. The zero-order valence-corrected chi connectivity index (χ0v) is 18.0. The Bertz CT molecular complexity index is 1150. The average Bonchev–Trinajstić information content (AvgIpc) is 3.59. The maximum atomic E-state index is 12.2. The normalized spacial score (nSPS) is 16.9. The van der Waals surface area contributed by atoms with Crippen molar-refractivity contribution in [3.63, 3.8) is 0 Å². The Morgan fingerprint density at radius 1 is 1.00 bits per heavy atom. The van der Waals surface area contributed by atoms with E-state index in [9.17, 15) is 14.7 Å². The molecule has 6 nitrogen and oxygen atoms in total. The molecule has 32 heavy (non-hydrogen) atoms. The van der Waals surface area contributed by atoms with Crippen LogP contribution in [-0.2, 0) is 17.9 Å². The van der Waals surface area contributed by atoms with Crippen molar-refractivity contribution >= 4 is 29.4 Å². The van der Waals surface area contributed by atoms with Gasteiger partial charge in [-0.1, -0.05) is 48.0 Å². The zero-order valence-electron chi connectivity index (χ0n) is 17.3. The Hall–Kier alpha value is -3.35. The molecule has 1 saturated carbocycles. The highest BCUT2D eigenvalue weighted by atomic mass is 35.5. The zero-order chi connectivity index (χ0) is 22.7. The molecule has 4 N–H and O–H groups in total. The van der Waals surface area contributed by atoms with Gasteiger partial charge in [-0.25, -0.2) is 9.59 Å². The summed E-state index contributed by atoms with van der Waals surface area (Å²) in [5.74, 6) is -0.609. The molecule has 0 saturated heterocycles. The van der Waals surface area contributed by atoms with Gasteiger partial charge in [0.15, 0.2) is 0 Å². The van der Waals surface area contributed by atoms with Gasteiger partial charge < -0.3 is 15.6 Å². The number of benzene rings is 3. The van der Waals surface area contributed by atoms with Crippen molar-refractivity contribution in [1.82, 2.24) is 0 Å². The fourth-order valence-electron chi connectivity index (χ4n) is 3.88. The summed E-state index contributed by atoms with van der Waals surface area (Å²) in [4.78, 5) is 23.6. The van der Waals surface area contributed by atoms with Gasteiger partial charge >= 0.3 is 12.1 Å². The van der Waals surface area contributed by atoms with Crippen molar-refractivity contribution in [3.05, 3.63) is 99.6 Å². The fourth-order valence-corrected chi connectivity index (χ4v) is 4.12. The molecule has 0 radical (unpaired) electrons. The molecule has 0 heterocycles. The van der Waals surface area contributed by atoms with Crippen LogP contribution < -0.4 is 11.1 Å². The molecule has 1 aliphatic carbocycles. The molecule has 2 atom stereocenters. The Labute approximate surface area is 191 Å². The molecule has 0 aliphatic heterocycles. The number of nitrogens with two attached hydrogens (primary N) is 1. The highest BCUT2D eigenvalue weighted by molar-refractivity contribution is 6.31. The largest absolute Gasteiger partial charge is 0.478 e. The summed E-state index contributed by atoms with van der Waals surface area (Å²) < 4.78 is 5.28. The second-order valence-corrected chi connectivity index (χ2v) is 8.32. The van der Waals surface area contributed by atoms with Crippen molar-refractivity contribution in [1.29, 1.82) is 0 Å². The lowest BCUT2D eigenvalue weighted by molar-refractivity contribution is 0.0696. The quantitative estimate of drug-likeness (QED) is 0.440. The number of carboxylic acids is 1. The minimum absolute atomic E-state index is 0.175. The lowest BCUT2D eigenvalue weighted by Gasteiger charge is -2.10. The molecule has 1 aliphatic rings. The van der Waals surface area contributed by atoms with Gasteiger partial charge in [-0.3, -0.25) is 5.32 Å². The van der Waals surface area contributed by atoms with Crippen LogP contribution in [0.4, 0.5) is 10.5 Å². The second-order valence-electron chi connectivity index (χ2n) is 7.88. The Balaban J connectivity index is 1.45. The number of anilines is 1. The van der Waals surface area contributed by atoms with E-state index >= 15 is 0 Å². The summed E-state index contributed by atoms with van der Waals surface area (Å²) in [6.45, 7) is 0.454. The number of hydrogen-bond acceptors (Lipinski definition) is 4. The molecule has 0 aromatic heterocycles. The molecule has 1 fully saturated rings. The van der Waals surface area contributed by atoms with Crippen molar-refractivity contribution in [2.45, 2.75) is 31.4 Å². The number of carbonyl (C=O) groups excluding carboxylic acids is 1. The lowest BCUT2D eigenvalue weighted by Crippen LogP contribution is -2.13. The third kappa shape index (κ3) is 5.28. The summed E-state index contributed by atoms with van der Waals surface area (Å²) in [7, 11) is 0. The highest BCUT2D eigenvalue weighted by Crippen LogP contribution is 2.55. The van der Waals surface area contributed by atoms with Crippen molar-refractivity contribution in [2.75, 3.05) is 5.32 Å². The van der Waals surface area contributed by atoms with E-state index in [2.05, 4.69) is 5.32 Å². The number of amides is 1. The first-order chi connectivity index (χ1) is 15.4. The maximum absolute atomic E-state index is 12.2. The first-order valence-corrected chi connectivity index (χ1v) is 10.7. The van der Waals surface area contributed by atoms with Crippen LogP contribution in [0.2, 0.25) is 5.02 Å². The van der Waals surface area contributed by atoms with E-state index in [1.807, 2.05) is 48.5 Å². The van der Waals surface area contributed by atoms with Crippen LogP contribution >= 0.6 is 11.6 Å². The fraction of sp³-hybridized carbons (Fsp3) is 0.200. The van der Waals surface area contributed by atoms with Crippen LogP contribution in [0.25, 0.3) is 0 Å². The second kappa shape index (κ2) is 9.42. The van der Waals surface area contributed by atoms with Gasteiger partial charge in [-0.15, -0.1) is 0 Å². The molecule has 0 bridgehead atoms.